The molecule has 0 unspecified atom stereocenters. The van der Waals surface area contributed by atoms with Gasteiger partial charge in [-0.3, -0.25) is 13.9 Å². The maximum Gasteiger partial charge on any atom is 0.308 e. The second-order valence-corrected chi connectivity index (χ2v) is 7.59. The van der Waals surface area contributed by atoms with Crippen molar-refractivity contribution >= 4 is 39.3 Å². The zero-order valence-corrected chi connectivity index (χ0v) is 15.6. The average Bonchev–Trinajstić information content (AvgIpc) is 3.22. The van der Waals surface area contributed by atoms with Gasteiger partial charge in [0.05, 0.1) is 22.7 Å². The third-order valence-corrected chi connectivity index (χ3v) is 5.77. The minimum Gasteiger partial charge on any atom is -0.549 e. The second-order valence-electron chi connectivity index (χ2n) is 5.65. The highest BCUT2D eigenvalue weighted by atomic mass is 32.2. The van der Waals surface area contributed by atoms with E-state index in [1.807, 2.05) is 54.6 Å². The molecular weight excluding hydrogens is 384 g/mol. The summed E-state index contributed by atoms with van der Waals surface area (Å²) in [7, 11) is 0. The van der Waals surface area contributed by atoms with Gasteiger partial charge in [0.15, 0.2) is 11.0 Å². The van der Waals surface area contributed by atoms with Crippen LogP contribution in [0.25, 0.3) is 15.9 Å². The Morgan fingerprint density at radius 3 is 2.59 bits per heavy atom. The molecule has 2 aromatic carbocycles. The van der Waals surface area contributed by atoms with Crippen molar-refractivity contribution in [3.63, 3.8) is 0 Å². The lowest BCUT2D eigenvalue weighted by Crippen LogP contribution is -2.24. The lowest BCUT2D eigenvalue weighted by Gasteiger charge is -2.11. The molecule has 136 valence electrons. The molecule has 0 aliphatic carbocycles. The summed E-state index contributed by atoms with van der Waals surface area (Å²) >= 11 is 2.21. The third kappa shape index (κ3) is 3.51. The molecule has 0 N–H and O–H groups in total. The number of thiazole rings is 1. The molecule has 27 heavy (non-hydrogen) atoms. The fraction of sp³-hybridized carbons (Fsp3) is 0.111. The van der Waals surface area contributed by atoms with E-state index in [1.54, 1.807) is 9.13 Å². The fourth-order valence-corrected chi connectivity index (χ4v) is 4.34. The van der Waals surface area contributed by atoms with Crippen LogP contribution in [0.4, 0.5) is 0 Å². The molecule has 0 fully saturated rings. The van der Waals surface area contributed by atoms with Gasteiger partial charge in [-0.1, -0.05) is 53.4 Å². The lowest BCUT2D eigenvalue weighted by atomic mass is 10.3. The number of carboxylic acid groups (broad SMARTS) is 1. The Hall–Kier alpha value is -2.91. The van der Waals surface area contributed by atoms with Crippen molar-refractivity contribution in [2.45, 2.75) is 11.7 Å². The van der Waals surface area contributed by atoms with Gasteiger partial charge >= 0.3 is 4.87 Å². The van der Waals surface area contributed by atoms with Gasteiger partial charge in [0.2, 0.25) is 0 Å². The van der Waals surface area contributed by atoms with Gasteiger partial charge in [0.1, 0.15) is 0 Å². The fourth-order valence-electron chi connectivity index (χ4n) is 2.76. The molecule has 0 spiro atoms. The Morgan fingerprint density at radius 2 is 1.81 bits per heavy atom. The first kappa shape index (κ1) is 17.5. The number of aliphatic carboxylic acids is 1. The normalized spacial score (nSPS) is 11.1. The van der Waals surface area contributed by atoms with Crippen LogP contribution in [0.5, 0.6) is 0 Å². The molecule has 0 amide bonds. The first-order chi connectivity index (χ1) is 13.1. The van der Waals surface area contributed by atoms with E-state index in [-0.39, 0.29) is 17.2 Å². The lowest BCUT2D eigenvalue weighted by molar-refractivity contribution is -0.301. The van der Waals surface area contributed by atoms with Crippen LogP contribution in [-0.4, -0.2) is 31.1 Å². The molecule has 0 atom stereocenters. The number of nitrogens with zero attached hydrogens (tertiary/aromatic N) is 4. The van der Waals surface area contributed by atoms with E-state index in [0.717, 1.165) is 27.7 Å². The summed E-state index contributed by atoms with van der Waals surface area (Å²) in [5, 5.41) is 19.6. The molecule has 2 aromatic heterocycles. The highest BCUT2D eigenvalue weighted by Crippen LogP contribution is 2.23. The SMILES string of the molecule is O=C([O-])CSc1nnc(Cn2c(=O)sc3ccccc32)n1-c1ccccc1. The van der Waals surface area contributed by atoms with Crippen molar-refractivity contribution < 1.29 is 9.90 Å². The Kier molecular flexibility index (Phi) is 4.78. The molecular formula is C18H13N4O3S2-. The maximum atomic E-state index is 12.4. The molecule has 2 heterocycles. The Labute approximate surface area is 161 Å². The maximum absolute atomic E-state index is 12.4. The number of para-hydroxylation sites is 2. The summed E-state index contributed by atoms with van der Waals surface area (Å²) < 4.78 is 4.32. The predicted octanol–water partition coefficient (Wildman–Crippen LogP) is 1.53. The summed E-state index contributed by atoms with van der Waals surface area (Å²) in [6.07, 6.45) is 0. The minimum absolute atomic E-state index is 0.0808. The van der Waals surface area contributed by atoms with Crippen LogP contribution < -0.4 is 9.98 Å². The number of hydrogen-bond donors (Lipinski definition) is 0. The number of hydrogen-bond acceptors (Lipinski definition) is 7. The van der Waals surface area contributed by atoms with Crippen LogP contribution in [0.15, 0.2) is 64.5 Å². The molecule has 4 rings (SSSR count). The van der Waals surface area contributed by atoms with Crippen LogP contribution >= 0.6 is 23.1 Å². The Bertz CT molecular complexity index is 1160. The van der Waals surface area contributed by atoms with Crippen molar-refractivity contribution in [2.75, 3.05) is 5.75 Å². The smallest absolute Gasteiger partial charge is 0.308 e. The molecule has 7 nitrogen and oxygen atoms in total. The summed E-state index contributed by atoms with van der Waals surface area (Å²) in [5.74, 6) is -0.858. The van der Waals surface area contributed by atoms with E-state index in [4.69, 9.17) is 0 Å². The monoisotopic (exact) mass is 397 g/mol. The van der Waals surface area contributed by atoms with Crippen molar-refractivity contribution in [2.24, 2.45) is 0 Å². The van der Waals surface area contributed by atoms with Crippen molar-refractivity contribution in [1.29, 1.82) is 0 Å². The number of rotatable bonds is 6. The Morgan fingerprint density at radius 1 is 1.07 bits per heavy atom. The highest BCUT2D eigenvalue weighted by molar-refractivity contribution is 7.99. The van der Waals surface area contributed by atoms with Gasteiger partial charge in [0.25, 0.3) is 0 Å². The second kappa shape index (κ2) is 7.37. The van der Waals surface area contributed by atoms with E-state index < -0.39 is 5.97 Å². The first-order valence-electron chi connectivity index (χ1n) is 8.04. The molecule has 0 saturated heterocycles. The molecule has 4 aromatic rings. The average molecular weight is 397 g/mol. The number of carbonyl (C=O) groups is 1. The van der Waals surface area contributed by atoms with Crippen LogP contribution in [0.1, 0.15) is 5.82 Å². The summed E-state index contributed by atoms with van der Waals surface area (Å²) in [5.41, 5.74) is 1.63. The molecule has 9 heteroatoms. The quantitative estimate of drug-likeness (QED) is 0.458. The van der Waals surface area contributed by atoms with E-state index in [2.05, 4.69) is 10.2 Å². The van der Waals surface area contributed by atoms with Gasteiger partial charge in [-0.2, -0.15) is 0 Å². The topological polar surface area (TPSA) is 92.8 Å². The number of aromatic nitrogens is 4. The minimum atomic E-state index is -1.18. The largest absolute Gasteiger partial charge is 0.549 e. The molecule has 0 bridgehead atoms. The number of fused-ring (bicyclic) bond motifs is 1. The van der Waals surface area contributed by atoms with Crippen LogP contribution in [-0.2, 0) is 11.3 Å². The summed E-state index contributed by atoms with van der Waals surface area (Å²) in [6, 6.07) is 17.0. The van der Waals surface area contributed by atoms with Gasteiger partial charge in [-0.15, -0.1) is 10.2 Å². The van der Waals surface area contributed by atoms with Crippen LogP contribution in [0.3, 0.4) is 0 Å². The van der Waals surface area contributed by atoms with Crippen LogP contribution in [0.2, 0.25) is 0 Å². The van der Waals surface area contributed by atoms with Crippen LogP contribution in [0, 0.1) is 0 Å². The molecule has 0 aliphatic rings. The Balaban J connectivity index is 1.79. The summed E-state index contributed by atoms with van der Waals surface area (Å²) in [6.45, 7) is 0.233. The van der Waals surface area contributed by atoms with E-state index in [9.17, 15) is 14.7 Å². The van der Waals surface area contributed by atoms with Gasteiger partial charge in [-0.05, 0) is 24.3 Å². The number of carbonyl (C=O) groups excluding carboxylic acids is 1. The summed E-state index contributed by atoms with van der Waals surface area (Å²) in [4.78, 5) is 23.2. The third-order valence-electron chi connectivity index (χ3n) is 3.91. The van der Waals surface area contributed by atoms with Gasteiger partial charge in [-0.25, -0.2) is 0 Å². The van der Waals surface area contributed by atoms with E-state index >= 15 is 0 Å². The van der Waals surface area contributed by atoms with E-state index in [1.165, 1.54) is 11.3 Å². The van der Waals surface area contributed by atoms with Crippen molar-refractivity contribution in [3.05, 3.63) is 70.1 Å². The number of thioether (sulfide) groups is 1. The number of benzene rings is 2. The standard InChI is InChI=1S/C18H14N4O3S2/c23-16(24)11-26-17-20-19-15(22(17)12-6-2-1-3-7-12)10-21-13-8-4-5-9-14(13)27-18(21)25/h1-9H,10-11H2,(H,23,24)/p-1. The molecule has 0 saturated carbocycles. The predicted molar refractivity (Wildman–Crippen MR) is 102 cm³/mol. The van der Waals surface area contributed by atoms with Gasteiger partial charge < -0.3 is 9.90 Å². The highest BCUT2D eigenvalue weighted by Gasteiger charge is 2.17. The van der Waals surface area contributed by atoms with E-state index in [0.29, 0.717) is 11.0 Å². The zero-order valence-electron chi connectivity index (χ0n) is 13.9. The first-order valence-corrected chi connectivity index (χ1v) is 9.84. The molecule has 0 radical (unpaired) electrons. The van der Waals surface area contributed by atoms with Crippen molar-refractivity contribution in [3.8, 4) is 5.69 Å². The van der Waals surface area contributed by atoms with Crippen molar-refractivity contribution in [1.82, 2.24) is 19.3 Å². The zero-order chi connectivity index (χ0) is 18.8. The van der Waals surface area contributed by atoms with Gasteiger partial charge in [0, 0.05) is 11.4 Å². The number of carboxylic acids is 1. The molecule has 0 aliphatic heterocycles.